The van der Waals surface area contributed by atoms with Gasteiger partial charge in [-0.2, -0.15) is 0 Å². The van der Waals surface area contributed by atoms with Crippen LogP contribution in [0.15, 0.2) is 24.3 Å². The highest BCUT2D eigenvalue weighted by Crippen LogP contribution is 2.21. The Morgan fingerprint density at radius 3 is 2.86 bits per heavy atom. The number of hydrogen-bond donors (Lipinski definition) is 1. The smallest absolute Gasteiger partial charge is 0.331 e. The van der Waals surface area contributed by atoms with Crippen LogP contribution in [-0.4, -0.2) is 35.5 Å². The van der Waals surface area contributed by atoms with Crippen LogP contribution in [0.5, 0.6) is 0 Å². The third-order valence-electron chi connectivity index (χ3n) is 2.28. The van der Waals surface area contributed by atoms with Crippen LogP contribution in [0.25, 0.3) is 0 Å². The van der Waals surface area contributed by atoms with Gasteiger partial charge in [0.1, 0.15) is 12.2 Å². The van der Waals surface area contributed by atoms with Gasteiger partial charge < -0.3 is 14.6 Å². The second kappa shape index (κ2) is 3.55. The second-order valence-corrected chi connectivity index (χ2v) is 3.45. The molecular weight excluding hydrogens is 184 g/mol. The Morgan fingerprint density at radius 1 is 1.36 bits per heavy atom. The highest BCUT2D eigenvalue weighted by atomic mass is 16.6. The summed E-state index contributed by atoms with van der Waals surface area (Å²) in [5.41, 5.74) is 0. The molecule has 14 heavy (non-hydrogen) atoms. The second-order valence-electron chi connectivity index (χ2n) is 3.45. The van der Waals surface area contributed by atoms with E-state index in [2.05, 4.69) is 0 Å². The largest absolute Gasteiger partial charge is 0.452 e. The number of ether oxygens (including phenoxy) is 2. The molecule has 0 amide bonds. The van der Waals surface area contributed by atoms with Crippen molar-refractivity contribution in [2.75, 3.05) is 0 Å². The van der Waals surface area contributed by atoms with E-state index in [1.165, 1.54) is 6.08 Å². The number of fused-ring (bicyclic) bond motifs is 1. The third kappa shape index (κ3) is 1.71. The summed E-state index contributed by atoms with van der Waals surface area (Å²) in [7, 11) is 0. The van der Waals surface area contributed by atoms with Crippen LogP contribution in [-0.2, 0) is 14.3 Å². The van der Waals surface area contributed by atoms with Gasteiger partial charge >= 0.3 is 5.97 Å². The van der Waals surface area contributed by atoms with Crippen molar-refractivity contribution in [2.45, 2.75) is 31.3 Å². The van der Waals surface area contributed by atoms with Gasteiger partial charge in [-0.1, -0.05) is 6.08 Å². The lowest BCUT2D eigenvalue weighted by Crippen LogP contribution is -2.42. The summed E-state index contributed by atoms with van der Waals surface area (Å²) in [6.45, 7) is 1.66. The minimum absolute atomic E-state index is 0.266. The highest BCUT2D eigenvalue weighted by molar-refractivity contribution is 5.83. The lowest BCUT2D eigenvalue weighted by Gasteiger charge is -2.33. The van der Waals surface area contributed by atoms with Crippen molar-refractivity contribution in [2.24, 2.45) is 0 Å². The number of esters is 1. The van der Waals surface area contributed by atoms with Crippen LogP contribution >= 0.6 is 0 Å². The molecule has 4 atom stereocenters. The maximum Gasteiger partial charge on any atom is 0.331 e. The molecule has 4 nitrogen and oxygen atoms in total. The number of carbonyl (C=O) groups excluding carboxylic acids is 1. The molecule has 0 bridgehead atoms. The van der Waals surface area contributed by atoms with Gasteiger partial charge in [-0.05, 0) is 19.1 Å². The molecular formula is C10H12O4. The van der Waals surface area contributed by atoms with E-state index in [4.69, 9.17) is 9.47 Å². The van der Waals surface area contributed by atoms with Crippen LogP contribution < -0.4 is 0 Å². The number of hydrogen-bond acceptors (Lipinski definition) is 4. The predicted octanol–water partition coefficient (Wildman–Crippen LogP) is 0.172. The van der Waals surface area contributed by atoms with E-state index < -0.39 is 6.10 Å². The maximum atomic E-state index is 10.9. The Morgan fingerprint density at radius 2 is 2.14 bits per heavy atom. The fraction of sp³-hybridized carbons (Fsp3) is 0.500. The molecule has 0 saturated heterocycles. The summed E-state index contributed by atoms with van der Waals surface area (Å²) in [6, 6.07) is 0. The molecule has 0 fully saturated rings. The minimum atomic E-state index is -0.557. The summed E-state index contributed by atoms with van der Waals surface area (Å²) < 4.78 is 10.5. The standard InChI is InChI=1S/C10H12O4/c1-6(11)7-2-3-9-8(13-7)4-5-10(12)14-9/h2-9,11H,1H3/t6-,7+,8-,9-/m0/s1. The van der Waals surface area contributed by atoms with Crippen molar-refractivity contribution >= 4 is 5.97 Å². The van der Waals surface area contributed by atoms with Crippen LogP contribution in [0.1, 0.15) is 6.92 Å². The van der Waals surface area contributed by atoms with Gasteiger partial charge in [0.25, 0.3) is 0 Å². The molecule has 1 N–H and O–H groups in total. The van der Waals surface area contributed by atoms with Crippen molar-refractivity contribution in [3.8, 4) is 0 Å². The monoisotopic (exact) mass is 196 g/mol. The van der Waals surface area contributed by atoms with Gasteiger partial charge in [0.2, 0.25) is 0 Å². The average molecular weight is 196 g/mol. The molecule has 2 rings (SSSR count). The lowest BCUT2D eigenvalue weighted by molar-refractivity contribution is -0.153. The normalized spacial score (nSPS) is 37.6. The highest BCUT2D eigenvalue weighted by Gasteiger charge is 2.32. The summed E-state index contributed by atoms with van der Waals surface area (Å²) in [6.07, 6.45) is 5.00. The van der Waals surface area contributed by atoms with Crippen molar-refractivity contribution < 1.29 is 19.4 Å². The van der Waals surface area contributed by atoms with E-state index in [1.54, 1.807) is 25.2 Å². The quantitative estimate of drug-likeness (QED) is 0.480. The van der Waals surface area contributed by atoms with Gasteiger partial charge in [-0.25, -0.2) is 4.79 Å². The molecule has 0 aliphatic carbocycles. The topological polar surface area (TPSA) is 55.8 Å². The van der Waals surface area contributed by atoms with Gasteiger partial charge in [0, 0.05) is 6.08 Å². The Hall–Kier alpha value is -1.13. The molecule has 0 aromatic heterocycles. The Kier molecular flexibility index (Phi) is 2.39. The van der Waals surface area contributed by atoms with E-state index in [1.807, 2.05) is 0 Å². The molecule has 0 spiro atoms. The van der Waals surface area contributed by atoms with E-state index >= 15 is 0 Å². The number of aliphatic hydroxyl groups is 1. The minimum Gasteiger partial charge on any atom is -0.452 e. The van der Waals surface area contributed by atoms with E-state index in [9.17, 15) is 9.90 Å². The fourth-order valence-electron chi connectivity index (χ4n) is 1.52. The Bertz CT molecular complexity index is 292. The first-order valence-electron chi connectivity index (χ1n) is 4.57. The van der Waals surface area contributed by atoms with Gasteiger partial charge in [0.15, 0.2) is 6.10 Å². The van der Waals surface area contributed by atoms with Crippen LogP contribution in [0, 0.1) is 0 Å². The summed E-state index contributed by atoms with van der Waals surface area (Å²) >= 11 is 0. The molecule has 0 unspecified atom stereocenters. The van der Waals surface area contributed by atoms with E-state index in [-0.39, 0.29) is 24.3 Å². The first kappa shape index (κ1) is 9.43. The number of rotatable bonds is 1. The molecule has 2 heterocycles. The fourth-order valence-corrected chi connectivity index (χ4v) is 1.52. The van der Waals surface area contributed by atoms with Crippen LogP contribution in [0.3, 0.4) is 0 Å². The van der Waals surface area contributed by atoms with Crippen molar-refractivity contribution in [1.29, 1.82) is 0 Å². The molecule has 0 aromatic rings. The van der Waals surface area contributed by atoms with E-state index in [0.717, 1.165) is 0 Å². The zero-order chi connectivity index (χ0) is 10.1. The van der Waals surface area contributed by atoms with Gasteiger partial charge in [0.05, 0.1) is 6.10 Å². The van der Waals surface area contributed by atoms with Crippen LogP contribution in [0.2, 0.25) is 0 Å². The molecule has 2 aliphatic rings. The third-order valence-corrected chi connectivity index (χ3v) is 2.28. The van der Waals surface area contributed by atoms with Crippen molar-refractivity contribution in [3.63, 3.8) is 0 Å². The predicted molar refractivity (Wildman–Crippen MR) is 48.5 cm³/mol. The SMILES string of the molecule is C[C@H](O)[C@H]1C=C[C@@H]2OC(=O)C=C[C@@H]2O1. The summed E-state index contributed by atoms with van der Waals surface area (Å²) in [5.74, 6) is -0.352. The van der Waals surface area contributed by atoms with Crippen LogP contribution in [0.4, 0.5) is 0 Å². The van der Waals surface area contributed by atoms with Gasteiger partial charge in [-0.15, -0.1) is 0 Å². The Labute approximate surface area is 81.8 Å². The molecule has 0 radical (unpaired) electrons. The first-order valence-corrected chi connectivity index (χ1v) is 4.57. The lowest BCUT2D eigenvalue weighted by atomic mass is 10.0. The summed E-state index contributed by atoms with van der Waals surface area (Å²) in [5, 5.41) is 9.31. The average Bonchev–Trinajstić information content (AvgIpc) is 2.16. The van der Waals surface area contributed by atoms with Crippen molar-refractivity contribution in [1.82, 2.24) is 0 Å². The molecule has 4 heteroatoms. The number of aliphatic hydroxyl groups excluding tert-OH is 1. The summed E-state index contributed by atoms with van der Waals surface area (Å²) in [4.78, 5) is 10.9. The first-order chi connectivity index (χ1) is 6.66. The zero-order valence-electron chi connectivity index (χ0n) is 7.79. The van der Waals surface area contributed by atoms with Crippen molar-refractivity contribution in [3.05, 3.63) is 24.3 Å². The molecule has 0 saturated carbocycles. The van der Waals surface area contributed by atoms with Gasteiger partial charge in [-0.3, -0.25) is 0 Å². The molecule has 2 aliphatic heterocycles. The molecule has 0 aromatic carbocycles. The maximum absolute atomic E-state index is 10.9. The van der Waals surface area contributed by atoms with E-state index in [0.29, 0.717) is 0 Å². The Balaban J connectivity index is 2.12. The number of carbonyl (C=O) groups is 1. The zero-order valence-corrected chi connectivity index (χ0v) is 7.79. The molecule has 76 valence electrons.